The number of imidazole rings is 2. The number of fused-ring (bicyclic) bond motifs is 2. The summed E-state index contributed by atoms with van der Waals surface area (Å²) in [6.07, 6.45) is -4.48. The Morgan fingerprint density at radius 2 is 1.06 bits per heavy atom. The van der Waals surface area contributed by atoms with Crippen LogP contribution < -0.4 is 14.8 Å². The van der Waals surface area contributed by atoms with E-state index in [0.717, 1.165) is 0 Å². The third-order valence-corrected chi connectivity index (χ3v) is 11.3. The summed E-state index contributed by atoms with van der Waals surface area (Å²) in [6, 6.07) is 16.9. The molecule has 4 aromatic carbocycles. The lowest BCUT2D eigenvalue weighted by atomic mass is 10.1. The van der Waals surface area contributed by atoms with Crippen molar-refractivity contribution < 1.29 is 47.6 Å². The predicted octanol–water partition coefficient (Wildman–Crippen LogP) is 10.7. The molecule has 20 heteroatoms. The number of ether oxygens (including phenoxy) is 2. The van der Waals surface area contributed by atoms with Crippen molar-refractivity contribution >= 4 is 110 Å². The number of carbonyl (C=O) groups excluding carboxylic acids is 2. The molecule has 6 aromatic rings. The van der Waals surface area contributed by atoms with Gasteiger partial charge in [-0.3, -0.25) is 9.59 Å². The second-order valence-electron chi connectivity index (χ2n) is 14.3. The fourth-order valence-corrected chi connectivity index (χ4v) is 9.11. The summed E-state index contributed by atoms with van der Waals surface area (Å²) in [6.45, 7) is 10.2. The maximum Gasteiger partial charge on any atom is 0.338 e. The molecule has 5 N–H and O–H groups in total. The van der Waals surface area contributed by atoms with Gasteiger partial charge in [-0.25, -0.2) is 28.3 Å². The van der Waals surface area contributed by atoms with E-state index < -0.39 is 24.3 Å². The first kappa shape index (κ1) is 48.1. The second kappa shape index (κ2) is 21.0. The van der Waals surface area contributed by atoms with Crippen LogP contribution in [0, 0.1) is 0 Å². The number of aromatic nitrogens is 4. The zero-order chi connectivity index (χ0) is 45.6. The number of amides is 2. The molecule has 2 unspecified atom stereocenters. The number of rotatable bonds is 15. The number of alkyl halides is 2. The number of hydrogen-bond donors (Lipinski definition) is 5. The molecule has 0 saturated carbocycles. The molecule has 0 saturated heterocycles. The molecule has 0 aliphatic carbocycles. The number of nitrogens with zero attached hydrogens (tertiary/aromatic N) is 3. The minimum atomic E-state index is -1.99. The first-order chi connectivity index (χ1) is 29.3. The molecule has 328 valence electrons. The van der Waals surface area contributed by atoms with Crippen LogP contribution in [0.4, 0.5) is 8.78 Å². The standard InChI is InChI=1S/C23H24Br2FN3O4.C19H16Br2FN3O4/c1-11(2)29(12(3)4)22(30)21-27-18-6-5-14(10-19(18)28-21)33-20-15(24)7-13(8-16(20)25)9-17(26)23(31)32;1-2-23-18(26)17-24-14-4-3-10(8-15(14)25-17)29-16-11(20)5-9(6-12(16)21)7-13(22)19(27)28/h5-8,10-12,17H,9H2,1-4H3,(H,27,28)(H,31,32);3-6,8,13H,2,7H2,1H3,(H,23,26)(H,24,25)(H,27,28). The molecule has 2 amide bonds. The maximum absolute atomic E-state index is 13.6. The normalized spacial score (nSPS) is 12.2. The topological polar surface area (TPSA) is 200 Å². The van der Waals surface area contributed by atoms with Gasteiger partial charge in [-0.2, -0.15) is 0 Å². The zero-order valence-electron chi connectivity index (χ0n) is 33.7. The zero-order valence-corrected chi connectivity index (χ0v) is 40.0. The molecule has 2 heterocycles. The number of carboxylic acids is 2. The van der Waals surface area contributed by atoms with Crippen molar-refractivity contribution in [2.45, 2.75) is 71.9 Å². The smallest absolute Gasteiger partial charge is 0.338 e. The quantitative estimate of drug-likeness (QED) is 0.0659. The monoisotopic (exact) mass is 1110 g/mol. The van der Waals surface area contributed by atoms with Crippen molar-refractivity contribution in [1.29, 1.82) is 0 Å². The van der Waals surface area contributed by atoms with Crippen LogP contribution in [0.25, 0.3) is 22.1 Å². The molecule has 0 aliphatic rings. The van der Waals surface area contributed by atoms with Crippen LogP contribution >= 0.6 is 63.7 Å². The number of carbonyl (C=O) groups is 4. The van der Waals surface area contributed by atoms with Gasteiger partial charge in [0.15, 0.2) is 23.1 Å². The Morgan fingerprint density at radius 3 is 1.44 bits per heavy atom. The van der Waals surface area contributed by atoms with Crippen LogP contribution in [0.2, 0.25) is 0 Å². The van der Waals surface area contributed by atoms with Crippen LogP contribution in [0.15, 0.2) is 78.6 Å². The lowest BCUT2D eigenvalue weighted by Gasteiger charge is -2.29. The molecule has 0 fully saturated rings. The van der Waals surface area contributed by atoms with Crippen molar-refractivity contribution in [1.82, 2.24) is 30.2 Å². The average Bonchev–Trinajstić information content (AvgIpc) is 3.82. The summed E-state index contributed by atoms with van der Waals surface area (Å²) in [5.41, 5.74) is 3.54. The van der Waals surface area contributed by atoms with Crippen molar-refractivity contribution in [3.8, 4) is 23.0 Å². The van der Waals surface area contributed by atoms with Crippen molar-refractivity contribution in [2.24, 2.45) is 0 Å². The largest absolute Gasteiger partial charge is 0.479 e. The molecule has 62 heavy (non-hydrogen) atoms. The Kier molecular flexibility index (Phi) is 16.3. The number of hydrogen-bond acceptors (Lipinski definition) is 8. The summed E-state index contributed by atoms with van der Waals surface area (Å²) in [5.74, 6) is -1.11. The summed E-state index contributed by atoms with van der Waals surface area (Å²) < 4.78 is 41.1. The number of H-pyrrole nitrogens is 2. The van der Waals surface area contributed by atoms with Gasteiger partial charge in [-0.15, -0.1) is 0 Å². The van der Waals surface area contributed by atoms with Gasteiger partial charge in [0, 0.05) is 43.6 Å². The Labute approximate surface area is 387 Å². The third kappa shape index (κ3) is 12.0. The van der Waals surface area contributed by atoms with Gasteiger partial charge in [-0.1, -0.05) is 0 Å². The first-order valence-corrected chi connectivity index (χ1v) is 22.1. The third-order valence-electron chi connectivity index (χ3n) is 8.93. The van der Waals surface area contributed by atoms with Crippen LogP contribution in [-0.2, 0) is 22.4 Å². The average molecular weight is 1110 g/mol. The van der Waals surface area contributed by atoms with E-state index in [1.165, 1.54) is 0 Å². The number of aromatic amines is 2. The predicted molar refractivity (Wildman–Crippen MR) is 243 cm³/mol. The molecule has 0 aliphatic heterocycles. The molecule has 0 radical (unpaired) electrons. The van der Waals surface area contributed by atoms with Gasteiger partial charge in [0.25, 0.3) is 11.8 Å². The number of nitrogens with one attached hydrogen (secondary N) is 3. The van der Waals surface area contributed by atoms with Crippen LogP contribution in [0.1, 0.15) is 67.0 Å². The van der Waals surface area contributed by atoms with Crippen LogP contribution in [0.3, 0.4) is 0 Å². The minimum Gasteiger partial charge on any atom is -0.479 e. The lowest BCUT2D eigenvalue weighted by molar-refractivity contribution is -0.143. The molecule has 0 bridgehead atoms. The lowest BCUT2D eigenvalue weighted by Crippen LogP contribution is -2.42. The van der Waals surface area contributed by atoms with Gasteiger partial charge in [0.2, 0.25) is 12.3 Å². The fraction of sp³-hybridized carbons (Fsp3) is 0.286. The molecule has 14 nitrogen and oxygen atoms in total. The fourth-order valence-electron chi connectivity index (χ4n) is 6.22. The summed E-state index contributed by atoms with van der Waals surface area (Å²) >= 11 is 13.6. The van der Waals surface area contributed by atoms with Crippen molar-refractivity contribution in [3.63, 3.8) is 0 Å². The SMILES string of the molecule is CC(C)N(C(=O)c1nc2ccc(Oc3c(Br)cc(CC(F)C(=O)O)cc3Br)cc2[nH]1)C(C)C.CCNC(=O)c1nc2ccc(Oc3c(Br)cc(CC(F)C(=O)O)cc3Br)cc2[nH]1. The first-order valence-electron chi connectivity index (χ1n) is 18.9. The molecule has 0 spiro atoms. The van der Waals surface area contributed by atoms with Crippen molar-refractivity contribution in [2.75, 3.05) is 6.54 Å². The van der Waals surface area contributed by atoms with Crippen LogP contribution in [0.5, 0.6) is 23.0 Å². The van der Waals surface area contributed by atoms with E-state index in [2.05, 4.69) is 89.0 Å². The Bertz CT molecular complexity index is 2580. The van der Waals surface area contributed by atoms with E-state index >= 15 is 0 Å². The second-order valence-corrected chi connectivity index (χ2v) is 17.7. The van der Waals surface area contributed by atoms with Gasteiger partial charge in [-0.05, 0) is 158 Å². The highest BCUT2D eigenvalue weighted by molar-refractivity contribution is 9.11. The highest BCUT2D eigenvalue weighted by Gasteiger charge is 2.25. The van der Waals surface area contributed by atoms with Crippen molar-refractivity contribution in [3.05, 3.63) is 101 Å². The number of benzene rings is 4. The van der Waals surface area contributed by atoms with Gasteiger partial charge >= 0.3 is 11.9 Å². The highest BCUT2D eigenvalue weighted by atomic mass is 79.9. The van der Waals surface area contributed by atoms with E-state index in [4.69, 9.17) is 19.7 Å². The number of aliphatic carboxylic acids is 2. The highest BCUT2D eigenvalue weighted by Crippen LogP contribution is 2.40. The number of carboxylic acid groups (broad SMARTS) is 2. The van der Waals surface area contributed by atoms with E-state index in [0.29, 0.717) is 80.6 Å². The van der Waals surface area contributed by atoms with Gasteiger partial charge < -0.3 is 39.9 Å². The maximum atomic E-state index is 13.6. The molecular formula is C42H40Br4F2N6O8. The van der Waals surface area contributed by atoms with E-state index in [9.17, 15) is 28.0 Å². The molecular weight excluding hydrogens is 1070 g/mol. The summed E-state index contributed by atoms with van der Waals surface area (Å²) in [5, 5.41) is 20.2. The molecule has 2 atom stereocenters. The summed E-state index contributed by atoms with van der Waals surface area (Å²) in [7, 11) is 0. The van der Waals surface area contributed by atoms with Gasteiger partial charge in [0.05, 0.1) is 40.0 Å². The summed E-state index contributed by atoms with van der Waals surface area (Å²) in [4.78, 5) is 62.8. The Hall–Kier alpha value is -4.92. The minimum absolute atomic E-state index is 0.0328. The van der Waals surface area contributed by atoms with E-state index in [1.807, 2.05) is 34.6 Å². The Balaban J connectivity index is 0.000000236. The molecule has 2 aromatic heterocycles. The van der Waals surface area contributed by atoms with Gasteiger partial charge in [0.1, 0.15) is 11.5 Å². The van der Waals surface area contributed by atoms with E-state index in [1.54, 1.807) is 65.6 Å². The van der Waals surface area contributed by atoms with Crippen LogP contribution in [-0.4, -0.2) is 89.8 Å². The molecule has 6 rings (SSSR count). The Morgan fingerprint density at radius 1 is 0.677 bits per heavy atom. The number of halogens is 6. The van der Waals surface area contributed by atoms with E-state index in [-0.39, 0.29) is 48.4 Å².